The summed E-state index contributed by atoms with van der Waals surface area (Å²) in [4.78, 5) is 8.06. The van der Waals surface area contributed by atoms with Gasteiger partial charge in [-0.2, -0.15) is 13.2 Å². The molecule has 1 aliphatic rings. The van der Waals surface area contributed by atoms with Gasteiger partial charge in [-0.25, -0.2) is 4.98 Å². The first-order valence-electron chi connectivity index (χ1n) is 7.05. The third kappa shape index (κ3) is 5.44. The third-order valence-corrected chi connectivity index (χ3v) is 4.23. The highest BCUT2D eigenvalue weighted by atomic mass is 32.1. The Morgan fingerprint density at radius 3 is 2.52 bits per heavy atom. The van der Waals surface area contributed by atoms with Crippen LogP contribution in [-0.2, 0) is 6.54 Å². The number of aromatic nitrogens is 1. The average Bonchev–Trinajstić information content (AvgIpc) is 2.84. The number of nitrogens with one attached hydrogen (secondary N) is 1. The molecule has 0 radical (unpaired) electrons. The Bertz CT molecular complexity index is 439. The van der Waals surface area contributed by atoms with E-state index in [-0.39, 0.29) is 0 Å². The maximum atomic E-state index is 12.3. The molecular weight excluding hydrogens is 301 g/mol. The minimum atomic E-state index is -4.11. The van der Waals surface area contributed by atoms with Crippen LogP contribution in [0.1, 0.15) is 19.5 Å². The highest BCUT2D eigenvalue weighted by Crippen LogP contribution is 2.23. The van der Waals surface area contributed by atoms with E-state index in [9.17, 15) is 13.2 Å². The van der Waals surface area contributed by atoms with Crippen molar-refractivity contribution in [2.24, 2.45) is 0 Å². The maximum absolute atomic E-state index is 12.3. The standard InChI is InChI=1S/C13H21F3N4S/c1-10(2)17-7-11-8-21-12(18-11)20-5-3-19(4-6-20)9-13(14,15)16/h8,10,17H,3-7,9H2,1-2H3. The van der Waals surface area contributed by atoms with Gasteiger partial charge in [0, 0.05) is 44.1 Å². The molecule has 0 amide bonds. The molecule has 0 aromatic carbocycles. The van der Waals surface area contributed by atoms with Crippen molar-refractivity contribution in [2.75, 3.05) is 37.6 Å². The van der Waals surface area contributed by atoms with E-state index in [1.807, 2.05) is 5.38 Å². The van der Waals surface area contributed by atoms with Crippen LogP contribution in [-0.4, -0.2) is 54.8 Å². The van der Waals surface area contributed by atoms with E-state index in [0.29, 0.717) is 32.2 Å². The van der Waals surface area contributed by atoms with Gasteiger partial charge in [0.15, 0.2) is 5.13 Å². The van der Waals surface area contributed by atoms with Gasteiger partial charge in [-0.05, 0) is 0 Å². The van der Waals surface area contributed by atoms with Crippen LogP contribution >= 0.6 is 11.3 Å². The fraction of sp³-hybridized carbons (Fsp3) is 0.769. The molecule has 2 rings (SSSR count). The lowest BCUT2D eigenvalue weighted by atomic mass is 10.3. The van der Waals surface area contributed by atoms with E-state index in [1.54, 1.807) is 11.3 Å². The van der Waals surface area contributed by atoms with Gasteiger partial charge in [-0.3, -0.25) is 4.90 Å². The van der Waals surface area contributed by atoms with Gasteiger partial charge in [0.05, 0.1) is 12.2 Å². The smallest absolute Gasteiger partial charge is 0.346 e. The zero-order chi connectivity index (χ0) is 15.5. The van der Waals surface area contributed by atoms with Crippen molar-refractivity contribution in [3.63, 3.8) is 0 Å². The summed E-state index contributed by atoms with van der Waals surface area (Å²) in [5.74, 6) is 0. The molecule has 1 N–H and O–H groups in total. The Morgan fingerprint density at radius 2 is 1.95 bits per heavy atom. The number of halogens is 3. The van der Waals surface area contributed by atoms with Crippen molar-refractivity contribution >= 4 is 16.5 Å². The normalized spacial score (nSPS) is 17.7. The van der Waals surface area contributed by atoms with E-state index >= 15 is 0 Å². The average molecular weight is 322 g/mol. The van der Waals surface area contributed by atoms with Gasteiger partial charge < -0.3 is 10.2 Å². The van der Waals surface area contributed by atoms with Crippen LogP contribution < -0.4 is 10.2 Å². The van der Waals surface area contributed by atoms with Crippen LogP contribution in [0.2, 0.25) is 0 Å². The second-order valence-corrected chi connectivity index (χ2v) is 6.37. The molecule has 1 fully saturated rings. The summed E-state index contributed by atoms with van der Waals surface area (Å²) in [5.41, 5.74) is 0.987. The van der Waals surface area contributed by atoms with Gasteiger partial charge in [0.25, 0.3) is 0 Å². The number of alkyl halides is 3. The summed E-state index contributed by atoms with van der Waals surface area (Å²) in [6.45, 7) is 6.11. The van der Waals surface area contributed by atoms with Crippen molar-refractivity contribution in [3.05, 3.63) is 11.1 Å². The fourth-order valence-electron chi connectivity index (χ4n) is 2.18. The lowest BCUT2D eigenvalue weighted by molar-refractivity contribution is -0.146. The molecule has 2 heterocycles. The van der Waals surface area contributed by atoms with E-state index < -0.39 is 12.7 Å². The number of anilines is 1. The Morgan fingerprint density at radius 1 is 1.29 bits per heavy atom. The summed E-state index contributed by atoms with van der Waals surface area (Å²) >= 11 is 1.56. The van der Waals surface area contributed by atoms with Crippen LogP contribution in [0, 0.1) is 0 Å². The second kappa shape index (κ2) is 6.93. The van der Waals surface area contributed by atoms with Crippen LogP contribution in [0.15, 0.2) is 5.38 Å². The topological polar surface area (TPSA) is 31.4 Å². The Hall–Kier alpha value is -0.860. The molecule has 8 heteroatoms. The summed E-state index contributed by atoms with van der Waals surface area (Å²) in [6, 6.07) is 0.404. The molecule has 0 spiro atoms. The van der Waals surface area contributed by atoms with Crippen molar-refractivity contribution in [3.8, 4) is 0 Å². The molecule has 0 atom stereocenters. The van der Waals surface area contributed by atoms with Gasteiger partial charge >= 0.3 is 6.18 Å². The number of hydrogen-bond acceptors (Lipinski definition) is 5. The highest BCUT2D eigenvalue weighted by Gasteiger charge is 2.32. The zero-order valence-corrected chi connectivity index (χ0v) is 13.1. The Balaban J connectivity index is 1.82. The summed E-state index contributed by atoms with van der Waals surface area (Å²) in [6.07, 6.45) is -4.11. The van der Waals surface area contributed by atoms with Gasteiger partial charge in [0.1, 0.15) is 0 Å². The molecule has 0 bridgehead atoms. The predicted octanol–water partition coefficient (Wildman–Crippen LogP) is 2.33. The van der Waals surface area contributed by atoms with E-state index in [1.165, 1.54) is 4.90 Å². The quantitative estimate of drug-likeness (QED) is 0.901. The number of nitrogens with zero attached hydrogens (tertiary/aromatic N) is 3. The molecule has 21 heavy (non-hydrogen) atoms. The first kappa shape index (κ1) is 16.5. The summed E-state index contributed by atoms with van der Waals surface area (Å²) < 4.78 is 37.0. The number of hydrogen-bond donors (Lipinski definition) is 1. The maximum Gasteiger partial charge on any atom is 0.401 e. The van der Waals surface area contributed by atoms with E-state index in [4.69, 9.17) is 0 Å². The molecule has 1 aromatic heterocycles. The van der Waals surface area contributed by atoms with E-state index in [2.05, 4.69) is 29.0 Å². The van der Waals surface area contributed by atoms with Crippen LogP contribution in [0.5, 0.6) is 0 Å². The monoisotopic (exact) mass is 322 g/mol. The van der Waals surface area contributed by atoms with Crippen molar-refractivity contribution < 1.29 is 13.2 Å². The summed E-state index contributed by atoms with van der Waals surface area (Å²) in [7, 11) is 0. The molecule has 0 unspecified atom stereocenters. The number of thiazole rings is 1. The first-order chi connectivity index (χ1) is 9.83. The summed E-state index contributed by atoms with van der Waals surface area (Å²) in [5, 5.41) is 6.21. The zero-order valence-electron chi connectivity index (χ0n) is 12.3. The van der Waals surface area contributed by atoms with Crippen LogP contribution in [0.3, 0.4) is 0 Å². The van der Waals surface area contributed by atoms with Crippen LogP contribution in [0.25, 0.3) is 0 Å². The SMILES string of the molecule is CC(C)NCc1csc(N2CCN(CC(F)(F)F)CC2)n1. The van der Waals surface area contributed by atoms with Gasteiger partial charge in [0.2, 0.25) is 0 Å². The third-order valence-electron chi connectivity index (χ3n) is 3.28. The Labute approximate surface area is 127 Å². The van der Waals surface area contributed by atoms with E-state index in [0.717, 1.165) is 17.4 Å². The van der Waals surface area contributed by atoms with Gasteiger partial charge in [-0.1, -0.05) is 13.8 Å². The molecule has 0 saturated carbocycles. The molecule has 1 saturated heterocycles. The predicted molar refractivity (Wildman–Crippen MR) is 78.8 cm³/mol. The molecule has 1 aromatic rings. The van der Waals surface area contributed by atoms with Gasteiger partial charge in [-0.15, -0.1) is 11.3 Å². The highest BCUT2D eigenvalue weighted by molar-refractivity contribution is 7.13. The molecular formula is C13H21F3N4S. The molecule has 1 aliphatic heterocycles. The largest absolute Gasteiger partial charge is 0.401 e. The molecule has 0 aliphatic carbocycles. The Kier molecular flexibility index (Phi) is 5.45. The van der Waals surface area contributed by atoms with Crippen molar-refractivity contribution in [1.29, 1.82) is 0 Å². The minimum Gasteiger partial charge on any atom is -0.346 e. The molecule has 4 nitrogen and oxygen atoms in total. The first-order valence-corrected chi connectivity index (χ1v) is 7.93. The fourth-order valence-corrected chi connectivity index (χ4v) is 3.06. The van der Waals surface area contributed by atoms with Crippen molar-refractivity contribution in [2.45, 2.75) is 32.6 Å². The lowest BCUT2D eigenvalue weighted by Gasteiger charge is -2.34. The van der Waals surface area contributed by atoms with Crippen LogP contribution in [0.4, 0.5) is 18.3 Å². The second-order valence-electron chi connectivity index (χ2n) is 5.54. The lowest BCUT2D eigenvalue weighted by Crippen LogP contribution is -2.49. The number of piperazine rings is 1. The number of rotatable bonds is 5. The molecule has 120 valence electrons. The minimum absolute atomic E-state index is 0.404. The van der Waals surface area contributed by atoms with Crippen molar-refractivity contribution in [1.82, 2.24) is 15.2 Å².